The number of benzene rings is 2. The van der Waals surface area contributed by atoms with Crippen LogP contribution in [-0.4, -0.2) is 23.9 Å². The molecule has 0 radical (unpaired) electrons. The number of carbonyl (C=O) groups excluding carboxylic acids is 1. The van der Waals surface area contributed by atoms with E-state index in [1.165, 1.54) is 0 Å². The van der Waals surface area contributed by atoms with Crippen LogP contribution in [0.3, 0.4) is 0 Å². The van der Waals surface area contributed by atoms with Crippen LogP contribution in [0.5, 0.6) is 17.2 Å². The van der Waals surface area contributed by atoms with Gasteiger partial charge in [0.2, 0.25) is 6.79 Å². The molecule has 1 heterocycles. The Bertz CT molecular complexity index is 832. The second kappa shape index (κ2) is 8.79. The Hall–Kier alpha value is -2.71. The molecular weight excluding hydrogens is 390 g/mol. The Morgan fingerprint density at radius 1 is 1.19 bits per heavy atom. The fourth-order valence-electron chi connectivity index (χ4n) is 2.26. The number of ether oxygens (including phenoxy) is 3. The molecule has 3 rings (SSSR count). The van der Waals surface area contributed by atoms with Gasteiger partial charge in [0.15, 0.2) is 22.7 Å². The molecule has 0 fully saturated rings. The maximum atomic E-state index is 12.1. The average Bonchev–Trinajstić information content (AvgIpc) is 3.13. The van der Waals surface area contributed by atoms with E-state index in [-0.39, 0.29) is 17.8 Å². The summed E-state index contributed by atoms with van der Waals surface area (Å²) < 4.78 is 16.1. The van der Waals surface area contributed by atoms with E-state index in [9.17, 15) is 4.79 Å². The van der Waals surface area contributed by atoms with Crippen LogP contribution in [0.25, 0.3) is 0 Å². The first-order valence-corrected chi connectivity index (χ1v) is 8.94. The molecule has 1 amide bonds. The summed E-state index contributed by atoms with van der Waals surface area (Å²) in [5.41, 5.74) is 6.16. The normalized spacial score (nSPS) is 12.8. The molecule has 3 N–H and O–H groups in total. The first kappa shape index (κ1) is 19.1. The maximum Gasteiger partial charge on any atom is 0.279 e. The highest BCUT2D eigenvalue weighted by atomic mass is 35.5. The fraction of sp³-hybridized carbons (Fsp3) is 0.222. The predicted molar refractivity (Wildman–Crippen MR) is 105 cm³/mol. The molecule has 0 saturated carbocycles. The van der Waals surface area contributed by atoms with E-state index in [0.717, 1.165) is 5.56 Å². The van der Waals surface area contributed by atoms with Crippen LogP contribution in [-0.2, 0) is 11.3 Å². The number of halogens is 1. The molecule has 9 heteroatoms. The summed E-state index contributed by atoms with van der Waals surface area (Å²) in [6.07, 6.45) is -0.739. The van der Waals surface area contributed by atoms with Gasteiger partial charge in [-0.25, -0.2) is 0 Å². The summed E-state index contributed by atoms with van der Waals surface area (Å²) >= 11 is 11.0. The van der Waals surface area contributed by atoms with Crippen molar-refractivity contribution in [2.75, 3.05) is 6.79 Å². The van der Waals surface area contributed by atoms with E-state index < -0.39 is 6.10 Å². The third-order valence-corrected chi connectivity index (χ3v) is 4.19. The zero-order valence-corrected chi connectivity index (χ0v) is 16.0. The number of rotatable bonds is 5. The van der Waals surface area contributed by atoms with Gasteiger partial charge in [0.05, 0.1) is 0 Å². The molecule has 1 atom stereocenters. The number of hydrazine groups is 1. The van der Waals surface area contributed by atoms with Gasteiger partial charge < -0.3 is 19.5 Å². The SMILES string of the molecule is CC(Oc1ccc2c(c1)OCO2)C(=O)NNC(=S)NCc1ccc(Cl)cc1. The van der Waals surface area contributed by atoms with Crippen LogP contribution in [0, 0.1) is 0 Å². The van der Waals surface area contributed by atoms with E-state index in [0.29, 0.717) is 28.8 Å². The number of fused-ring (bicyclic) bond motifs is 1. The summed E-state index contributed by atoms with van der Waals surface area (Å²) in [6.45, 7) is 2.31. The highest BCUT2D eigenvalue weighted by Crippen LogP contribution is 2.35. The second-order valence-corrected chi connectivity index (χ2v) is 6.54. The molecule has 0 aromatic heterocycles. The number of nitrogens with one attached hydrogen (secondary N) is 3. The molecule has 1 unspecified atom stereocenters. The minimum absolute atomic E-state index is 0.180. The lowest BCUT2D eigenvalue weighted by molar-refractivity contribution is -0.127. The molecule has 0 bridgehead atoms. The zero-order chi connectivity index (χ0) is 19.2. The first-order chi connectivity index (χ1) is 13.0. The Balaban J connectivity index is 1.41. The van der Waals surface area contributed by atoms with Crippen molar-refractivity contribution in [2.24, 2.45) is 0 Å². The minimum Gasteiger partial charge on any atom is -0.481 e. The van der Waals surface area contributed by atoms with E-state index in [1.807, 2.05) is 12.1 Å². The second-order valence-electron chi connectivity index (χ2n) is 5.70. The molecule has 7 nitrogen and oxygen atoms in total. The lowest BCUT2D eigenvalue weighted by atomic mass is 10.2. The Morgan fingerprint density at radius 3 is 2.70 bits per heavy atom. The number of hydrogen-bond acceptors (Lipinski definition) is 5. The highest BCUT2D eigenvalue weighted by molar-refractivity contribution is 7.80. The Kier molecular flexibility index (Phi) is 6.20. The molecule has 27 heavy (non-hydrogen) atoms. The average molecular weight is 408 g/mol. The highest BCUT2D eigenvalue weighted by Gasteiger charge is 2.18. The third-order valence-electron chi connectivity index (χ3n) is 3.69. The van der Waals surface area contributed by atoms with Crippen LogP contribution in [0.2, 0.25) is 5.02 Å². The lowest BCUT2D eigenvalue weighted by Crippen LogP contribution is -2.50. The summed E-state index contributed by atoms with van der Waals surface area (Å²) in [5, 5.41) is 3.94. The van der Waals surface area contributed by atoms with Crippen molar-refractivity contribution >= 4 is 34.8 Å². The van der Waals surface area contributed by atoms with Crippen LogP contribution < -0.4 is 30.4 Å². The summed E-state index contributed by atoms with van der Waals surface area (Å²) in [4.78, 5) is 12.1. The largest absolute Gasteiger partial charge is 0.481 e. The van der Waals surface area contributed by atoms with Crippen molar-refractivity contribution in [1.82, 2.24) is 16.2 Å². The third kappa shape index (κ3) is 5.38. The minimum atomic E-state index is -0.739. The van der Waals surface area contributed by atoms with Gasteiger partial charge >= 0.3 is 0 Å². The molecule has 142 valence electrons. The molecule has 0 spiro atoms. The maximum absolute atomic E-state index is 12.1. The van der Waals surface area contributed by atoms with Gasteiger partial charge in [-0.15, -0.1) is 0 Å². The fourth-order valence-corrected chi connectivity index (χ4v) is 2.51. The molecule has 1 aliphatic heterocycles. The van der Waals surface area contributed by atoms with Gasteiger partial charge in [0, 0.05) is 17.6 Å². The van der Waals surface area contributed by atoms with Gasteiger partial charge in [-0.3, -0.25) is 15.6 Å². The van der Waals surface area contributed by atoms with E-state index in [1.54, 1.807) is 37.3 Å². The van der Waals surface area contributed by atoms with Crippen LogP contribution >= 0.6 is 23.8 Å². The number of carbonyl (C=O) groups is 1. The van der Waals surface area contributed by atoms with Gasteiger partial charge in [-0.05, 0) is 49.0 Å². The Morgan fingerprint density at radius 2 is 1.93 bits per heavy atom. The van der Waals surface area contributed by atoms with Crippen molar-refractivity contribution < 1.29 is 19.0 Å². The lowest BCUT2D eigenvalue weighted by Gasteiger charge is -2.16. The topological polar surface area (TPSA) is 80.9 Å². The quantitative estimate of drug-likeness (QED) is 0.519. The molecular formula is C18H18ClN3O4S. The smallest absolute Gasteiger partial charge is 0.279 e. The van der Waals surface area contributed by atoms with Crippen LogP contribution in [0.1, 0.15) is 12.5 Å². The van der Waals surface area contributed by atoms with E-state index in [4.69, 9.17) is 38.0 Å². The summed E-state index contributed by atoms with van der Waals surface area (Å²) in [7, 11) is 0. The number of hydrogen-bond donors (Lipinski definition) is 3. The molecule has 2 aromatic carbocycles. The van der Waals surface area contributed by atoms with Crippen LogP contribution in [0.15, 0.2) is 42.5 Å². The van der Waals surface area contributed by atoms with E-state index >= 15 is 0 Å². The van der Waals surface area contributed by atoms with E-state index in [2.05, 4.69) is 16.2 Å². The van der Waals surface area contributed by atoms with Crippen molar-refractivity contribution in [2.45, 2.75) is 19.6 Å². The number of amides is 1. The van der Waals surface area contributed by atoms with Crippen molar-refractivity contribution in [3.8, 4) is 17.2 Å². The molecule has 2 aromatic rings. The van der Waals surface area contributed by atoms with Gasteiger partial charge in [-0.1, -0.05) is 23.7 Å². The zero-order valence-electron chi connectivity index (χ0n) is 14.5. The van der Waals surface area contributed by atoms with Gasteiger partial charge in [0.25, 0.3) is 5.91 Å². The standard InChI is InChI=1S/C18H18ClN3O4S/c1-11(26-14-6-7-15-16(8-14)25-10-24-15)17(23)21-22-18(27)20-9-12-2-4-13(19)5-3-12/h2-8,11H,9-10H2,1H3,(H,21,23)(H2,20,22,27). The first-order valence-electron chi connectivity index (χ1n) is 8.16. The van der Waals surface area contributed by atoms with Gasteiger partial charge in [0.1, 0.15) is 5.75 Å². The van der Waals surface area contributed by atoms with Crippen LogP contribution in [0.4, 0.5) is 0 Å². The molecule has 0 saturated heterocycles. The predicted octanol–water partition coefficient (Wildman–Crippen LogP) is 2.53. The summed E-state index contributed by atoms with van der Waals surface area (Å²) in [6, 6.07) is 12.5. The van der Waals surface area contributed by atoms with Gasteiger partial charge in [-0.2, -0.15) is 0 Å². The van der Waals surface area contributed by atoms with Crippen molar-refractivity contribution in [1.29, 1.82) is 0 Å². The van der Waals surface area contributed by atoms with Crippen molar-refractivity contribution in [3.05, 3.63) is 53.1 Å². The number of thiocarbonyl (C=S) groups is 1. The molecule has 0 aliphatic carbocycles. The summed E-state index contributed by atoms with van der Waals surface area (Å²) in [5.74, 6) is 1.37. The monoisotopic (exact) mass is 407 g/mol. The van der Waals surface area contributed by atoms with Crippen molar-refractivity contribution in [3.63, 3.8) is 0 Å². The molecule has 1 aliphatic rings. The Labute approximate surface area is 166 Å².